The maximum atomic E-state index is 13.5. The Morgan fingerprint density at radius 2 is 1.94 bits per heavy atom. The maximum absolute atomic E-state index is 13.5. The van der Waals surface area contributed by atoms with Gasteiger partial charge in [-0.2, -0.15) is 0 Å². The van der Waals surface area contributed by atoms with Crippen molar-refractivity contribution < 1.29 is 17.9 Å². The molecule has 0 radical (unpaired) electrons. The van der Waals surface area contributed by atoms with Crippen LogP contribution in [0.1, 0.15) is 19.4 Å². The van der Waals surface area contributed by atoms with E-state index in [0.29, 0.717) is 28.8 Å². The fourth-order valence-corrected chi connectivity index (χ4v) is 6.70. The third kappa shape index (κ3) is 4.16. The Bertz CT molecular complexity index is 1270. The van der Waals surface area contributed by atoms with Crippen LogP contribution in [0.5, 0.6) is 5.75 Å². The Kier molecular flexibility index (Phi) is 6.33. The SMILES string of the molecule is COc1ccc2c(c1)c(CN1CCN(C(C)=O)C(C)C1)cn2S(=O)(=O)c1ccccc1Br. The number of methoxy groups -OCH3 is 1. The number of nitrogens with zero attached hydrogens (tertiary/aromatic N) is 3. The van der Waals surface area contributed by atoms with Crippen molar-refractivity contribution in [3.63, 3.8) is 0 Å². The van der Waals surface area contributed by atoms with Crippen molar-refractivity contribution in [1.29, 1.82) is 0 Å². The predicted molar refractivity (Wildman–Crippen MR) is 127 cm³/mol. The zero-order valence-corrected chi connectivity index (χ0v) is 20.7. The Hall–Kier alpha value is -2.36. The zero-order chi connectivity index (χ0) is 23.0. The predicted octanol–water partition coefficient (Wildman–Crippen LogP) is 3.70. The third-order valence-corrected chi connectivity index (χ3v) is 8.63. The number of hydrogen-bond acceptors (Lipinski definition) is 5. The maximum Gasteiger partial charge on any atom is 0.269 e. The van der Waals surface area contributed by atoms with E-state index in [1.807, 2.05) is 17.9 Å². The quantitative estimate of drug-likeness (QED) is 0.513. The van der Waals surface area contributed by atoms with Gasteiger partial charge in [0.1, 0.15) is 10.6 Å². The van der Waals surface area contributed by atoms with Gasteiger partial charge in [-0.3, -0.25) is 9.69 Å². The number of carbonyl (C=O) groups is 1. The molecule has 4 rings (SSSR count). The monoisotopic (exact) mass is 519 g/mol. The lowest BCUT2D eigenvalue weighted by atomic mass is 10.1. The first-order chi connectivity index (χ1) is 15.2. The number of benzene rings is 2. The second-order valence-corrected chi connectivity index (χ2v) is 10.7. The van der Waals surface area contributed by atoms with E-state index in [0.717, 1.165) is 24.0 Å². The van der Waals surface area contributed by atoms with Crippen molar-refractivity contribution >= 4 is 42.8 Å². The lowest BCUT2D eigenvalue weighted by molar-refractivity contribution is -0.133. The van der Waals surface area contributed by atoms with Gasteiger partial charge in [0.15, 0.2) is 0 Å². The molecule has 1 fully saturated rings. The van der Waals surface area contributed by atoms with Gasteiger partial charge < -0.3 is 9.64 Å². The van der Waals surface area contributed by atoms with Gasteiger partial charge in [-0.1, -0.05) is 12.1 Å². The van der Waals surface area contributed by atoms with E-state index >= 15 is 0 Å². The number of ether oxygens (including phenoxy) is 1. The van der Waals surface area contributed by atoms with E-state index in [9.17, 15) is 13.2 Å². The highest BCUT2D eigenvalue weighted by molar-refractivity contribution is 9.10. The summed E-state index contributed by atoms with van der Waals surface area (Å²) >= 11 is 3.37. The number of piperazine rings is 1. The standard InChI is InChI=1S/C23H26BrN3O4S/c1-16-13-25(10-11-26(16)17(2)28)14-18-15-27(22-9-8-19(31-3)12-20(18)22)32(29,30)23-7-5-4-6-21(23)24/h4-9,12,15-16H,10-11,13-14H2,1-3H3. The molecule has 7 nitrogen and oxygen atoms in total. The number of rotatable bonds is 5. The summed E-state index contributed by atoms with van der Waals surface area (Å²) in [4.78, 5) is 16.2. The Labute approximate surface area is 196 Å². The van der Waals surface area contributed by atoms with Crippen molar-refractivity contribution in [3.05, 3.63) is 58.7 Å². The molecule has 1 unspecified atom stereocenters. The fourth-order valence-electron chi connectivity index (χ4n) is 4.34. The number of hydrogen-bond donors (Lipinski definition) is 0. The Morgan fingerprint density at radius 1 is 1.19 bits per heavy atom. The minimum absolute atomic E-state index is 0.0815. The molecular formula is C23H26BrN3O4S. The summed E-state index contributed by atoms with van der Waals surface area (Å²) < 4.78 is 34.4. The highest BCUT2D eigenvalue weighted by Gasteiger charge is 2.28. The van der Waals surface area contributed by atoms with E-state index < -0.39 is 10.0 Å². The molecule has 1 aliphatic heterocycles. The second kappa shape index (κ2) is 8.88. The molecule has 170 valence electrons. The first-order valence-electron chi connectivity index (χ1n) is 10.4. The Morgan fingerprint density at radius 3 is 2.59 bits per heavy atom. The van der Waals surface area contributed by atoms with Gasteiger partial charge in [0.2, 0.25) is 5.91 Å². The molecule has 3 aromatic rings. The summed E-state index contributed by atoms with van der Waals surface area (Å²) in [6.45, 7) is 6.34. The van der Waals surface area contributed by atoms with Gasteiger partial charge >= 0.3 is 0 Å². The van der Waals surface area contributed by atoms with Crippen molar-refractivity contribution in [2.75, 3.05) is 26.7 Å². The summed E-state index contributed by atoms with van der Waals surface area (Å²) in [5, 5.41) is 0.835. The van der Waals surface area contributed by atoms with Crippen molar-refractivity contribution in [1.82, 2.24) is 13.8 Å². The van der Waals surface area contributed by atoms with E-state index in [1.54, 1.807) is 56.6 Å². The summed E-state index contributed by atoms with van der Waals surface area (Å²) in [6, 6.07) is 12.3. The van der Waals surface area contributed by atoms with Crippen LogP contribution in [0, 0.1) is 0 Å². The van der Waals surface area contributed by atoms with Crippen LogP contribution in [0.3, 0.4) is 0 Å². The number of aromatic nitrogens is 1. The molecular weight excluding hydrogens is 494 g/mol. The van der Waals surface area contributed by atoms with Crippen LogP contribution in [0.4, 0.5) is 0 Å². The minimum atomic E-state index is -3.81. The van der Waals surface area contributed by atoms with Crippen LogP contribution in [0.25, 0.3) is 10.9 Å². The minimum Gasteiger partial charge on any atom is -0.497 e. The molecule has 0 bridgehead atoms. The summed E-state index contributed by atoms with van der Waals surface area (Å²) in [5.41, 5.74) is 1.50. The van der Waals surface area contributed by atoms with Crippen molar-refractivity contribution in [2.24, 2.45) is 0 Å². The average molecular weight is 520 g/mol. The van der Waals surface area contributed by atoms with Crippen LogP contribution in [0.2, 0.25) is 0 Å². The van der Waals surface area contributed by atoms with Crippen LogP contribution in [-0.4, -0.2) is 60.9 Å². The van der Waals surface area contributed by atoms with Gasteiger partial charge in [-0.25, -0.2) is 12.4 Å². The molecule has 32 heavy (non-hydrogen) atoms. The van der Waals surface area contributed by atoms with Gasteiger partial charge in [0, 0.05) is 55.2 Å². The molecule has 1 saturated heterocycles. The van der Waals surface area contributed by atoms with E-state index in [1.165, 1.54) is 3.97 Å². The fraction of sp³-hybridized carbons (Fsp3) is 0.348. The average Bonchev–Trinajstić information content (AvgIpc) is 3.12. The van der Waals surface area contributed by atoms with Crippen LogP contribution >= 0.6 is 15.9 Å². The van der Waals surface area contributed by atoms with Gasteiger partial charge in [-0.15, -0.1) is 0 Å². The smallest absolute Gasteiger partial charge is 0.269 e. The van der Waals surface area contributed by atoms with Crippen LogP contribution in [-0.2, 0) is 21.4 Å². The van der Waals surface area contributed by atoms with E-state index in [2.05, 4.69) is 20.8 Å². The third-order valence-electron chi connectivity index (χ3n) is 5.94. The molecule has 2 heterocycles. The summed E-state index contributed by atoms with van der Waals surface area (Å²) in [7, 11) is -2.21. The van der Waals surface area contributed by atoms with Crippen molar-refractivity contribution in [2.45, 2.75) is 31.3 Å². The van der Waals surface area contributed by atoms with Gasteiger partial charge in [-0.05, 0) is 58.7 Å². The van der Waals surface area contributed by atoms with Crippen molar-refractivity contribution in [3.8, 4) is 5.75 Å². The van der Waals surface area contributed by atoms with E-state index in [4.69, 9.17) is 4.74 Å². The first kappa shape index (κ1) is 22.8. The highest BCUT2D eigenvalue weighted by Crippen LogP contribution is 2.32. The molecule has 2 aromatic carbocycles. The number of amides is 1. The Balaban J connectivity index is 1.76. The topological polar surface area (TPSA) is 71.8 Å². The molecule has 0 spiro atoms. The summed E-state index contributed by atoms with van der Waals surface area (Å²) in [5.74, 6) is 0.752. The lowest BCUT2D eigenvalue weighted by Gasteiger charge is -2.39. The molecule has 9 heteroatoms. The largest absolute Gasteiger partial charge is 0.497 e. The van der Waals surface area contributed by atoms with Gasteiger partial charge in [0.25, 0.3) is 10.0 Å². The molecule has 0 N–H and O–H groups in total. The molecule has 0 aliphatic carbocycles. The van der Waals surface area contributed by atoms with Gasteiger partial charge in [0.05, 0.1) is 12.6 Å². The number of carbonyl (C=O) groups excluding carboxylic acids is 1. The first-order valence-corrected chi connectivity index (χ1v) is 12.6. The van der Waals surface area contributed by atoms with Crippen LogP contribution in [0.15, 0.2) is 58.0 Å². The van der Waals surface area contributed by atoms with E-state index in [-0.39, 0.29) is 16.8 Å². The molecule has 1 aromatic heterocycles. The number of halogens is 1. The lowest BCUT2D eigenvalue weighted by Crippen LogP contribution is -2.52. The number of fused-ring (bicyclic) bond motifs is 1. The zero-order valence-electron chi connectivity index (χ0n) is 18.3. The van der Waals surface area contributed by atoms with Crippen LogP contribution < -0.4 is 4.74 Å². The normalized spacial score (nSPS) is 17.6. The highest BCUT2D eigenvalue weighted by atomic mass is 79.9. The molecule has 0 saturated carbocycles. The second-order valence-electron chi connectivity index (χ2n) is 8.07. The molecule has 1 amide bonds. The summed E-state index contributed by atoms with van der Waals surface area (Å²) in [6.07, 6.45) is 1.71. The molecule has 1 atom stereocenters. The molecule has 1 aliphatic rings.